The van der Waals surface area contributed by atoms with E-state index in [1.807, 2.05) is 6.07 Å². The minimum Gasteiger partial charge on any atom is -0.493 e. The smallest absolute Gasteiger partial charge is 0.220 e. The van der Waals surface area contributed by atoms with E-state index in [9.17, 15) is 13.2 Å². The first-order valence-corrected chi connectivity index (χ1v) is 11.7. The third-order valence-corrected chi connectivity index (χ3v) is 7.18. The molecule has 0 aromatic heterocycles. The molecule has 2 saturated heterocycles. The van der Waals surface area contributed by atoms with Gasteiger partial charge in [0.05, 0.1) is 27.6 Å². The van der Waals surface area contributed by atoms with E-state index in [4.69, 9.17) is 14.2 Å². The summed E-state index contributed by atoms with van der Waals surface area (Å²) >= 11 is 0. The van der Waals surface area contributed by atoms with Crippen molar-refractivity contribution >= 4 is 15.9 Å². The van der Waals surface area contributed by atoms with Crippen molar-refractivity contribution in [3.8, 4) is 17.2 Å². The zero-order valence-corrected chi connectivity index (χ0v) is 18.3. The maximum Gasteiger partial charge on any atom is 0.220 e. The molecule has 2 fully saturated rings. The fraction of sp³-hybridized carbons (Fsp3) is 0.650. The molecule has 0 saturated carbocycles. The second-order valence-corrected chi connectivity index (χ2v) is 9.59. The van der Waals surface area contributed by atoms with Gasteiger partial charge in [-0.3, -0.25) is 4.79 Å². The fourth-order valence-corrected chi connectivity index (χ4v) is 6.17. The Kier molecular flexibility index (Phi) is 6.58. The van der Waals surface area contributed by atoms with E-state index in [1.54, 1.807) is 31.7 Å². The average molecular weight is 427 g/mol. The van der Waals surface area contributed by atoms with Crippen LogP contribution in [0, 0.1) is 0 Å². The van der Waals surface area contributed by atoms with Crippen molar-refractivity contribution in [2.75, 3.05) is 27.6 Å². The SMILES string of the molecule is COc1ccc(CCC(=O)NC2C[C@H]3CC[C@@H](C2)N3S(C)(=O)=O)c(OC)c1OC. The van der Waals surface area contributed by atoms with Crippen LogP contribution in [-0.4, -0.2) is 64.3 Å². The number of carbonyl (C=O) groups excluding carboxylic acids is 1. The normalized spacial score (nSPS) is 24.2. The summed E-state index contributed by atoms with van der Waals surface area (Å²) in [6, 6.07) is 3.69. The number of ether oxygens (including phenoxy) is 3. The number of nitrogens with zero attached hydrogens (tertiary/aromatic N) is 1. The molecule has 2 heterocycles. The van der Waals surface area contributed by atoms with Gasteiger partial charge < -0.3 is 19.5 Å². The molecule has 2 aliphatic rings. The lowest BCUT2D eigenvalue weighted by molar-refractivity contribution is -0.122. The highest BCUT2D eigenvalue weighted by atomic mass is 32.2. The first-order chi connectivity index (χ1) is 13.8. The van der Waals surface area contributed by atoms with Crippen molar-refractivity contribution < 1.29 is 27.4 Å². The standard InChI is InChI=1S/C20H30N2O6S/c1-26-17-9-5-13(19(27-2)20(17)28-3)6-10-18(23)21-14-11-15-7-8-16(12-14)22(15)29(4,24)25/h5,9,14-16H,6-8,10-12H2,1-4H3,(H,21,23)/t14?,15-,16+. The second kappa shape index (κ2) is 8.79. The van der Waals surface area contributed by atoms with Crippen molar-refractivity contribution in [3.63, 3.8) is 0 Å². The van der Waals surface area contributed by atoms with E-state index in [1.165, 1.54) is 6.26 Å². The van der Waals surface area contributed by atoms with Crippen LogP contribution < -0.4 is 19.5 Å². The number of fused-ring (bicyclic) bond motifs is 2. The molecule has 0 spiro atoms. The number of nitrogens with one attached hydrogen (secondary N) is 1. The zero-order valence-electron chi connectivity index (χ0n) is 17.4. The number of carbonyl (C=O) groups is 1. The molecule has 3 atom stereocenters. The Labute approximate surface area is 172 Å². The van der Waals surface area contributed by atoms with Crippen LogP contribution in [-0.2, 0) is 21.2 Å². The van der Waals surface area contributed by atoms with Crippen LogP contribution in [0.5, 0.6) is 17.2 Å². The van der Waals surface area contributed by atoms with Crippen LogP contribution in [0.3, 0.4) is 0 Å². The summed E-state index contributed by atoms with van der Waals surface area (Å²) in [5.41, 5.74) is 0.868. The molecule has 2 aliphatic heterocycles. The molecule has 162 valence electrons. The third kappa shape index (κ3) is 4.61. The predicted octanol–water partition coefficient (Wildman–Crippen LogP) is 1.72. The number of amides is 1. The van der Waals surface area contributed by atoms with Crippen LogP contribution in [0.15, 0.2) is 12.1 Å². The van der Waals surface area contributed by atoms with E-state index in [-0.39, 0.29) is 24.0 Å². The maximum atomic E-state index is 12.5. The Bertz CT molecular complexity index is 843. The molecule has 1 unspecified atom stereocenters. The van der Waals surface area contributed by atoms with E-state index >= 15 is 0 Å². The number of methoxy groups -OCH3 is 3. The molecule has 1 amide bonds. The quantitative estimate of drug-likeness (QED) is 0.680. The van der Waals surface area contributed by atoms with Gasteiger partial charge in [0, 0.05) is 24.5 Å². The number of sulfonamides is 1. The lowest BCUT2D eigenvalue weighted by atomic mass is 9.99. The van der Waals surface area contributed by atoms with Gasteiger partial charge in [-0.25, -0.2) is 8.42 Å². The highest BCUT2D eigenvalue weighted by Gasteiger charge is 2.45. The highest BCUT2D eigenvalue weighted by molar-refractivity contribution is 7.88. The first kappa shape index (κ1) is 21.7. The summed E-state index contributed by atoms with van der Waals surface area (Å²) in [6.45, 7) is 0. The Morgan fingerprint density at radius 3 is 2.21 bits per heavy atom. The topological polar surface area (TPSA) is 94.2 Å². The van der Waals surface area contributed by atoms with Crippen LogP contribution in [0.2, 0.25) is 0 Å². The van der Waals surface area contributed by atoms with E-state index in [2.05, 4.69) is 5.32 Å². The molecule has 1 N–H and O–H groups in total. The molecule has 0 radical (unpaired) electrons. The van der Waals surface area contributed by atoms with Crippen molar-refractivity contribution in [1.29, 1.82) is 0 Å². The molecule has 3 rings (SSSR count). The van der Waals surface area contributed by atoms with Gasteiger partial charge in [-0.05, 0) is 43.7 Å². The molecule has 29 heavy (non-hydrogen) atoms. The van der Waals surface area contributed by atoms with Gasteiger partial charge >= 0.3 is 0 Å². The van der Waals surface area contributed by atoms with E-state index in [0.717, 1.165) is 18.4 Å². The van der Waals surface area contributed by atoms with Crippen molar-refractivity contribution in [2.24, 2.45) is 0 Å². The molecule has 1 aromatic rings. The third-order valence-electron chi connectivity index (χ3n) is 5.82. The lowest BCUT2D eigenvalue weighted by Crippen LogP contribution is -2.52. The summed E-state index contributed by atoms with van der Waals surface area (Å²) < 4.78 is 41.8. The van der Waals surface area contributed by atoms with Crippen molar-refractivity contribution in [2.45, 2.75) is 56.7 Å². The number of rotatable bonds is 8. The maximum absolute atomic E-state index is 12.5. The Morgan fingerprint density at radius 1 is 1.07 bits per heavy atom. The van der Waals surface area contributed by atoms with Crippen LogP contribution >= 0.6 is 0 Å². The first-order valence-electron chi connectivity index (χ1n) is 9.84. The zero-order chi connectivity index (χ0) is 21.2. The van der Waals surface area contributed by atoms with Crippen molar-refractivity contribution in [3.05, 3.63) is 17.7 Å². The summed E-state index contributed by atoms with van der Waals surface area (Å²) in [5, 5.41) is 3.09. The Balaban J connectivity index is 1.59. The van der Waals surface area contributed by atoms with Gasteiger partial charge in [0.1, 0.15) is 0 Å². The number of benzene rings is 1. The van der Waals surface area contributed by atoms with Gasteiger partial charge in [-0.2, -0.15) is 4.31 Å². The molecule has 0 aliphatic carbocycles. The Hall–Kier alpha value is -2.00. The van der Waals surface area contributed by atoms with Crippen LogP contribution in [0.4, 0.5) is 0 Å². The van der Waals surface area contributed by atoms with Gasteiger partial charge in [0.15, 0.2) is 11.5 Å². The predicted molar refractivity (Wildman–Crippen MR) is 109 cm³/mol. The largest absolute Gasteiger partial charge is 0.493 e. The molecular weight excluding hydrogens is 396 g/mol. The number of hydrogen-bond acceptors (Lipinski definition) is 6. The minimum atomic E-state index is -3.20. The van der Waals surface area contributed by atoms with Crippen molar-refractivity contribution in [1.82, 2.24) is 9.62 Å². The van der Waals surface area contributed by atoms with Gasteiger partial charge in [0.2, 0.25) is 21.7 Å². The molecule has 2 bridgehead atoms. The number of piperidine rings is 1. The fourth-order valence-electron chi connectivity index (χ4n) is 4.70. The number of hydrogen-bond donors (Lipinski definition) is 1. The average Bonchev–Trinajstić information content (AvgIpc) is 2.97. The van der Waals surface area contributed by atoms with Gasteiger partial charge in [-0.1, -0.05) is 6.07 Å². The summed E-state index contributed by atoms with van der Waals surface area (Å²) in [4.78, 5) is 12.5. The molecular formula is C20H30N2O6S. The Morgan fingerprint density at radius 2 is 1.69 bits per heavy atom. The minimum absolute atomic E-state index is 0.00000613. The van der Waals surface area contributed by atoms with E-state index < -0.39 is 10.0 Å². The second-order valence-electron chi connectivity index (χ2n) is 7.71. The number of aryl methyl sites for hydroxylation is 1. The van der Waals surface area contributed by atoms with E-state index in [0.29, 0.717) is 42.9 Å². The summed E-state index contributed by atoms with van der Waals surface area (Å²) in [6.07, 6.45) is 5.18. The molecule has 9 heteroatoms. The lowest BCUT2D eigenvalue weighted by Gasteiger charge is -2.37. The summed E-state index contributed by atoms with van der Waals surface area (Å²) in [7, 11) is 1.48. The van der Waals surface area contributed by atoms with Crippen LogP contribution in [0.1, 0.15) is 37.7 Å². The van der Waals surface area contributed by atoms with Crippen LogP contribution in [0.25, 0.3) is 0 Å². The van der Waals surface area contributed by atoms with Gasteiger partial charge in [-0.15, -0.1) is 0 Å². The monoisotopic (exact) mass is 426 g/mol. The van der Waals surface area contributed by atoms with Gasteiger partial charge in [0.25, 0.3) is 0 Å². The molecule has 1 aromatic carbocycles. The molecule has 8 nitrogen and oxygen atoms in total. The highest BCUT2D eigenvalue weighted by Crippen LogP contribution is 2.40. The summed E-state index contributed by atoms with van der Waals surface area (Å²) in [5.74, 6) is 1.61.